The zero-order valence-corrected chi connectivity index (χ0v) is 11.7. The van der Waals surface area contributed by atoms with Crippen molar-refractivity contribution >= 4 is 22.9 Å². The van der Waals surface area contributed by atoms with Gasteiger partial charge in [0.2, 0.25) is 0 Å². The smallest absolute Gasteiger partial charge is 0.125 e. The van der Waals surface area contributed by atoms with Gasteiger partial charge in [0, 0.05) is 21.9 Å². The average molecular weight is 283 g/mol. The van der Waals surface area contributed by atoms with E-state index < -0.39 is 6.10 Å². The maximum atomic E-state index is 9.68. The first-order chi connectivity index (χ1) is 8.66. The molecule has 96 valence electrons. The van der Waals surface area contributed by atoms with Gasteiger partial charge in [0.05, 0.1) is 12.7 Å². The van der Waals surface area contributed by atoms with Crippen LogP contribution in [0.15, 0.2) is 35.7 Å². The summed E-state index contributed by atoms with van der Waals surface area (Å²) in [6, 6.07) is 9.44. The molecular weight excluding hydrogens is 268 g/mol. The van der Waals surface area contributed by atoms with E-state index in [1.54, 1.807) is 36.5 Å². The molecule has 0 bridgehead atoms. The molecule has 0 aliphatic heterocycles. The summed E-state index contributed by atoms with van der Waals surface area (Å²) in [7, 11) is 0. The van der Waals surface area contributed by atoms with Gasteiger partial charge in [-0.25, -0.2) is 0 Å². The third kappa shape index (κ3) is 3.48. The van der Waals surface area contributed by atoms with Gasteiger partial charge in [-0.1, -0.05) is 17.7 Å². The number of hydrogen-bond acceptors (Lipinski definition) is 3. The fourth-order valence-corrected chi connectivity index (χ4v) is 2.56. The van der Waals surface area contributed by atoms with Gasteiger partial charge in [0.15, 0.2) is 0 Å². The van der Waals surface area contributed by atoms with Crippen LogP contribution in [0.1, 0.15) is 23.5 Å². The van der Waals surface area contributed by atoms with Crippen molar-refractivity contribution in [1.29, 1.82) is 0 Å². The lowest BCUT2D eigenvalue weighted by Gasteiger charge is -2.13. The molecule has 0 aliphatic carbocycles. The minimum absolute atomic E-state index is 0.583. The molecule has 0 aliphatic rings. The van der Waals surface area contributed by atoms with Crippen LogP contribution in [0.25, 0.3) is 0 Å². The second-order valence-corrected chi connectivity index (χ2v) is 5.50. The van der Waals surface area contributed by atoms with Gasteiger partial charge in [0.25, 0.3) is 0 Å². The van der Waals surface area contributed by atoms with Crippen molar-refractivity contribution in [3.05, 3.63) is 51.2 Å². The van der Waals surface area contributed by atoms with Crippen LogP contribution >= 0.6 is 22.9 Å². The molecule has 0 radical (unpaired) electrons. The molecule has 0 fully saturated rings. The third-order valence-electron chi connectivity index (χ3n) is 2.61. The first-order valence-electron chi connectivity index (χ1n) is 5.79. The molecule has 18 heavy (non-hydrogen) atoms. The van der Waals surface area contributed by atoms with Crippen LogP contribution in [0.3, 0.4) is 0 Å². The van der Waals surface area contributed by atoms with E-state index in [0.717, 1.165) is 12.0 Å². The lowest BCUT2D eigenvalue weighted by molar-refractivity contribution is 0.191. The molecule has 2 nitrogen and oxygen atoms in total. The number of halogens is 1. The molecule has 1 N–H and O–H groups in total. The fourth-order valence-electron chi connectivity index (χ4n) is 1.69. The van der Waals surface area contributed by atoms with E-state index in [1.165, 1.54) is 4.88 Å². The van der Waals surface area contributed by atoms with Gasteiger partial charge in [-0.05, 0) is 36.6 Å². The van der Waals surface area contributed by atoms with Gasteiger partial charge in [-0.3, -0.25) is 0 Å². The van der Waals surface area contributed by atoms with Crippen LogP contribution in [0.4, 0.5) is 0 Å². The molecular formula is C14H15ClO2S. The summed E-state index contributed by atoms with van der Waals surface area (Å²) in [5, 5.41) is 12.3. The molecule has 0 saturated heterocycles. The summed E-state index contributed by atoms with van der Waals surface area (Å²) >= 11 is 7.63. The first-order valence-corrected chi connectivity index (χ1v) is 7.05. The molecule has 0 saturated carbocycles. The molecule has 1 aromatic heterocycles. The van der Waals surface area contributed by atoms with E-state index in [1.807, 2.05) is 6.07 Å². The van der Waals surface area contributed by atoms with Crippen LogP contribution in [-0.4, -0.2) is 11.7 Å². The molecule has 2 rings (SSSR count). The largest absolute Gasteiger partial charge is 0.493 e. The molecule has 1 atom stereocenters. The highest BCUT2D eigenvalue weighted by atomic mass is 35.5. The Morgan fingerprint density at radius 3 is 2.89 bits per heavy atom. The maximum Gasteiger partial charge on any atom is 0.125 e. The molecule has 2 aromatic rings. The van der Waals surface area contributed by atoms with Crippen LogP contribution in [0.5, 0.6) is 5.75 Å². The summed E-state index contributed by atoms with van der Waals surface area (Å²) in [5.41, 5.74) is 0.730. The Kier molecular flexibility index (Phi) is 4.64. The Morgan fingerprint density at radius 1 is 1.39 bits per heavy atom. The monoisotopic (exact) mass is 282 g/mol. The van der Waals surface area contributed by atoms with Crippen LogP contribution in [0.2, 0.25) is 5.02 Å². The van der Waals surface area contributed by atoms with E-state index in [4.69, 9.17) is 16.3 Å². The Labute approximate surface area is 116 Å². The van der Waals surface area contributed by atoms with Crippen molar-refractivity contribution in [3.63, 3.8) is 0 Å². The topological polar surface area (TPSA) is 29.5 Å². The Bertz CT molecular complexity index is 495. The summed E-state index contributed by atoms with van der Waals surface area (Å²) in [6.45, 7) is 2.31. The summed E-state index contributed by atoms with van der Waals surface area (Å²) in [5.74, 6) is 0.700. The van der Waals surface area contributed by atoms with Crippen molar-refractivity contribution in [2.24, 2.45) is 0 Å². The molecule has 0 unspecified atom stereocenters. The minimum atomic E-state index is -0.583. The predicted molar refractivity (Wildman–Crippen MR) is 75.6 cm³/mol. The predicted octanol–water partition coefficient (Wildman–Crippen LogP) is 4.08. The second kappa shape index (κ2) is 6.23. The lowest BCUT2D eigenvalue weighted by atomic mass is 10.1. The highest BCUT2D eigenvalue weighted by molar-refractivity contribution is 7.09. The van der Waals surface area contributed by atoms with E-state index in [-0.39, 0.29) is 0 Å². The Morgan fingerprint density at radius 2 is 2.22 bits per heavy atom. The number of ether oxygens (including phenoxy) is 1. The van der Waals surface area contributed by atoms with Gasteiger partial charge >= 0.3 is 0 Å². The zero-order chi connectivity index (χ0) is 13.0. The van der Waals surface area contributed by atoms with Crippen molar-refractivity contribution < 1.29 is 9.84 Å². The van der Waals surface area contributed by atoms with Crippen molar-refractivity contribution in [2.75, 3.05) is 6.61 Å². The molecule has 0 spiro atoms. The lowest BCUT2D eigenvalue weighted by Crippen LogP contribution is -2.04. The van der Waals surface area contributed by atoms with Crippen molar-refractivity contribution in [3.8, 4) is 5.75 Å². The molecule has 4 heteroatoms. The number of benzene rings is 1. The van der Waals surface area contributed by atoms with Gasteiger partial charge in [0.1, 0.15) is 5.75 Å². The van der Waals surface area contributed by atoms with E-state index in [2.05, 4.69) is 11.4 Å². The highest BCUT2D eigenvalue weighted by Gasteiger charge is 2.10. The molecule has 1 heterocycles. The normalized spacial score (nSPS) is 12.4. The zero-order valence-electron chi connectivity index (χ0n) is 10.1. The van der Waals surface area contributed by atoms with Gasteiger partial charge in [-0.2, -0.15) is 0 Å². The van der Waals surface area contributed by atoms with Crippen LogP contribution < -0.4 is 4.74 Å². The second-order valence-electron chi connectivity index (χ2n) is 4.04. The van der Waals surface area contributed by atoms with Crippen LogP contribution in [-0.2, 0) is 6.42 Å². The van der Waals surface area contributed by atoms with Gasteiger partial charge in [-0.15, -0.1) is 11.3 Å². The third-order valence-corrected chi connectivity index (χ3v) is 3.78. The number of aliphatic hydroxyl groups is 1. The minimum Gasteiger partial charge on any atom is -0.493 e. The number of rotatable bonds is 5. The number of aliphatic hydroxyl groups excluding tert-OH is 1. The summed E-state index contributed by atoms with van der Waals surface area (Å²) in [4.78, 5) is 1.29. The van der Waals surface area contributed by atoms with E-state index in [0.29, 0.717) is 17.4 Å². The summed E-state index contributed by atoms with van der Waals surface area (Å²) in [6.07, 6.45) is 0.292. The van der Waals surface area contributed by atoms with Crippen LogP contribution in [0, 0.1) is 0 Å². The van der Waals surface area contributed by atoms with Crippen molar-refractivity contribution in [2.45, 2.75) is 19.4 Å². The maximum absolute atomic E-state index is 9.68. The van der Waals surface area contributed by atoms with Crippen molar-refractivity contribution in [1.82, 2.24) is 0 Å². The Hall–Kier alpha value is -1.03. The standard InChI is InChI=1S/C14H15ClO2S/c1-10(16)13-9-11(15)4-5-14(13)17-7-6-12-3-2-8-18-12/h2-5,8-10,16H,6-7H2,1H3/t10-/m1/s1. The van der Waals surface area contributed by atoms with E-state index >= 15 is 0 Å². The van der Waals surface area contributed by atoms with E-state index in [9.17, 15) is 5.11 Å². The first kappa shape index (κ1) is 13.4. The SMILES string of the molecule is C[C@@H](O)c1cc(Cl)ccc1OCCc1cccs1. The highest BCUT2D eigenvalue weighted by Crippen LogP contribution is 2.28. The fraction of sp³-hybridized carbons (Fsp3) is 0.286. The average Bonchev–Trinajstić information content (AvgIpc) is 2.84. The van der Waals surface area contributed by atoms with Gasteiger partial charge < -0.3 is 9.84 Å². The summed E-state index contributed by atoms with van der Waals surface area (Å²) < 4.78 is 5.71. The molecule has 1 aromatic carbocycles. The quantitative estimate of drug-likeness (QED) is 0.895. The Balaban J connectivity index is 2.00. The number of hydrogen-bond donors (Lipinski definition) is 1. The molecule has 0 amide bonds. The number of thiophene rings is 1.